The summed E-state index contributed by atoms with van der Waals surface area (Å²) >= 11 is 3.71. The van der Waals surface area contributed by atoms with Crippen molar-refractivity contribution in [2.75, 3.05) is 4.90 Å². The molecule has 0 atom stereocenters. The van der Waals surface area contributed by atoms with Gasteiger partial charge < -0.3 is 9.32 Å². The number of nitrogens with zero attached hydrogens (tertiary/aromatic N) is 1. The fourth-order valence-electron chi connectivity index (χ4n) is 9.27. The third-order valence-corrected chi connectivity index (χ3v) is 14.0. The minimum atomic E-state index is -0.326. The van der Waals surface area contributed by atoms with Crippen molar-refractivity contribution in [2.45, 2.75) is 12.3 Å². The zero-order valence-electron chi connectivity index (χ0n) is 29.3. The smallest absolute Gasteiger partial charge is 0.137 e. The number of anilines is 3. The summed E-state index contributed by atoms with van der Waals surface area (Å²) in [5, 5.41) is 7.52. The van der Waals surface area contributed by atoms with E-state index < -0.39 is 0 Å². The summed E-state index contributed by atoms with van der Waals surface area (Å²) in [5.74, 6) is 0. The molecule has 254 valence electrons. The van der Waals surface area contributed by atoms with Gasteiger partial charge >= 0.3 is 0 Å². The summed E-state index contributed by atoms with van der Waals surface area (Å²) < 4.78 is 12.0. The van der Waals surface area contributed by atoms with Crippen LogP contribution in [-0.4, -0.2) is 0 Å². The van der Waals surface area contributed by atoms with Crippen LogP contribution in [0, 0.1) is 0 Å². The second kappa shape index (κ2) is 11.2. The van der Waals surface area contributed by atoms with Crippen LogP contribution < -0.4 is 4.90 Å². The minimum absolute atomic E-state index is 0.326. The fourth-order valence-corrected chi connectivity index (χ4v) is 11.5. The van der Waals surface area contributed by atoms with E-state index in [2.05, 4.69) is 182 Å². The minimum Gasteiger partial charge on any atom is -0.456 e. The molecule has 0 saturated carbocycles. The maximum Gasteiger partial charge on any atom is 0.137 e. The SMILES string of the molecule is CC1(c2cccc3oc4cc(N(c5ccc6c(c5)sc5ccccc56)c5ccc6c(c5)sc5ccccc56)ccc4c23)c2ccccc2-c2ccccc21. The molecule has 2 nitrogen and oxygen atoms in total. The Hall–Kier alpha value is -6.20. The lowest BCUT2D eigenvalue weighted by Gasteiger charge is -2.29. The van der Waals surface area contributed by atoms with Gasteiger partial charge in [0.15, 0.2) is 0 Å². The van der Waals surface area contributed by atoms with Crippen molar-refractivity contribution >= 4 is 102 Å². The predicted octanol–water partition coefficient (Wildman–Crippen LogP) is 15.1. The monoisotopic (exact) mass is 725 g/mol. The van der Waals surface area contributed by atoms with E-state index in [1.165, 1.54) is 73.5 Å². The highest BCUT2D eigenvalue weighted by atomic mass is 32.1. The lowest BCUT2D eigenvalue weighted by molar-refractivity contribution is 0.666. The van der Waals surface area contributed by atoms with Gasteiger partial charge in [0.1, 0.15) is 11.2 Å². The van der Waals surface area contributed by atoms with Crippen molar-refractivity contribution in [1.82, 2.24) is 0 Å². The molecule has 54 heavy (non-hydrogen) atoms. The number of thiophene rings is 2. The van der Waals surface area contributed by atoms with Crippen LogP contribution in [0.5, 0.6) is 0 Å². The average Bonchev–Trinajstić information content (AvgIpc) is 3.96. The second-order valence-electron chi connectivity index (χ2n) is 14.6. The Morgan fingerprint density at radius 3 is 1.50 bits per heavy atom. The number of fused-ring (bicyclic) bond motifs is 12. The summed E-state index contributed by atoms with van der Waals surface area (Å²) in [4.78, 5) is 2.39. The predicted molar refractivity (Wildman–Crippen MR) is 232 cm³/mol. The maximum absolute atomic E-state index is 6.83. The van der Waals surface area contributed by atoms with Crippen molar-refractivity contribution in [2.24, 2.45) is 0 Å². The molecule has 1 aliphatic carbocycles. The van der Waals surface area contributed by atoms with Crippen molar-refractivity contribution in [3.63, 3.8) is 0 Å². The van der Waals surface area contributed by atoms with E-state index in [0.29, 0.717) is 0 Å². The molecule has 0 saturated heterocycles. The van der Waals surface area contributed by atoms with Crippen molar-refractivity contribution in [3.8, 4) is 11.1 Å². The van der Waals surface area contributed by atoms with Gasteiger partial charge in [-0.15, -0.1) is 22.7 Å². The van der Waals surface area contributed by atoms with Gasteiger partial charge in [-0.2, -0.15) is 0 Å². The number of benzene rings is 8. The number of hydrogen-bond donors (Lipinski definition) is 0. The second-order valence-corrected chi connectivity index (χ2v) is 16.7. The molecule has 0 spiro atoms. The Labute approximate surface area is 319 Å². The molecule has 0 fully saturated rings. The molecule has 0 aliphatic heterocycles. The lowest BCUT2D eigenvalue weighted by atomic mass is 9.73. The maximum atomic E-state index is 6.83. The van der Waals surface area contributed by atoms with Crippen molar-refractivity contribution in [1.29, 1.82) is 0 Å². The van der Waals surface area contributed by atoms with E-state index in [0.717, 1.165) is 33.6 Å². The van der Waals surface area contributed by atoms with Gasteiger partial charge in [0.25, 0.3) is 0 Å². The van der Waals surface area contributed by atoms with Gasteiger partial charge in [0, 0.05) is 79.7 Å². The normalized spacial score (nSPS) is 13.4. The first-order chi connectivity index (χ1) is 26.6. The number of rotatable bonds is 4. The Morgan fingerprint density at radius 1 is 0.407 bits per heavy atom. The van der Waals surface area contributed by atoms with E-state index in [-0.39, 0.29) is 5.41 Å². The van der Waals surface area contributed by atoms with Gasteiger partial charge in [-0.25, -0.2) is 0 Å². The highest BCUT2D eigenvalue weighted by molar-refractivity contribution is 7.26. The van der Waals surface area contributed by atoms with Crippen LogP contribution in [0.4, 0.5) is 17.1 Å². The van der Waals surface area contributed by atoms with Crippen LogP contribution in [0.15, 0.2) is 174 Å². The van der Waals surface area contributed by atoms with E-state index in [1.807, 2.05) is 22.7 Å². The van der Waals surface area contributed by atoms with Gasteiger partial charge in [-0.05, 0) is 89.3 Å². The standard InChI is InChI=1S/C50H31NOS2/c1-50(40-15-6-2-11-33(40)34-12-3-7-16-41(34)50)42-17-10-18-43-49(42)39-26-23-30(27-44(39)52-43)51(31-21-24-37-35-13-4-8-19-45(35)53-47(37)28-31)32-22-25-38-36-14-5-9-20-46(36)54-48(38)29-32/h2-29H,1H3. The Kier molecular flexibility index (Phi) is 6.26. The van der Waals surface area contributed by atoms with Crippen LogP contribution in [0.2, 0.25) is 0 Å². The van der Waals surface area contributed by atoms with E-state index in [9.17, 15) is 0 Å². The van der Waals surface area contributed by atoms with Crippen LogP contribution in [0.25, 0.3) is 73.4 Å². The van der Waals surface area contributed by atoms with Gasteiger partial charge in [0.05, 0.1) is 0 Å². The van der Waals surface area contributed by atoms with Crippen LogP contribution in [-0.2, 0) is 5.41 Å². The van der Waals surface area contributed by atoms with Crippen LogP contribution >= 0.6 is 22.7 Å². The molecule has 3 heterocycles. The highest BCUT2D eigenvalue weighted by Gasteiger charge is 2.42. The van der Waals surface area contributed by atoms with E-state index >= 15 is 0 Å². The lowest BCUT2D eigenvalue weighted by Crippen LogP contribution is -2.22. The van der Waals surface area contributed by atoms with Crippen LogP contribution in [0.3, 0.4) is 0 Å². The van der Waals surface area contributed by atoms with Crippen molar-refractivity contribution in [3.05, 3.63) is 187 Å². The summed E-state index contributed by atoms with van der Waals surface area (Å²) in [6, 6.07) is 62.4. The third kappa shape index (κ3) is 4.15. The Balaban J connectivity index is 1.07. The molecule has 12 rings (SSSR count). The molecule has 0 unspecified atom stereocenters. The Morgan fingerprint density at radius 2 is 0.889 bits per heavy atom. The summed E-state index contributed by atoms with van der Waals surface area (Å²) in [6.07, 6.45) is 0. The third-order valence-electron chi connectivity index (χ3n) is 11.7. The highest BCUT2D eigenvalue weighted by Crippen LogP contribution is 2.54. The first kappa shape index (κ1) is 30.3. The van der Waals surface area contributed by atoms with Crippen molar-refractivity contribution < 1.29 is 4.42 Å². The van der Waals surface area contributed by atoms with E-state index in [1.54, 1.807) is 0 Å². The zero-order chi connectivity index (χ0) is 35.5. The molecule has 0 N–H and O–H groups in total. The number of hydrogen-bond acceptors (Lipinski definition) is 4. The van der Waals surface area contributed by atoms with E-state index in [4.69, 9.17) is 4.42 Å². The molecular weight excluding hydrogens is 695 g/mol. The molecule has 3 aromatic heterocycles. The average molecular weight is 726 g/mol. The largest absolute Gasteiger partial charge is 0.456 e. The molecule has 8 aromatic carbocycles. The zero-order valence-corrected chi connectivity index (χ0v) is 31.0. The number of furan rings is 1. The molecule has 0 radical (unpaired) electrons. The first-order valence-electron chi connectivity index (χ1n) is 18.4. The molecule has 11 aromatic rings. The topological polar surface area (TPSA) is 16.4 Å². The molecule has 0 bridgehead atoms. The van der Waals surface area contributed by atoms with Crippen LogP contribution in [0.1, 0.15) is 23.6 Å². The molecule has 4 heteroatoms. The fraction of sp³-hybridized carbons (Fsp3) is 0.0400. The van der Waals surface area contributed by atoms with Gasteiger partial charge in [-0.3, -0.25) is 0 Å². The summed E-state index contributed by atoms with van der Waals surface area (Å²) in [5.41, 5.74) is 11.3. The Bertz CT molecular complexity index is 3170. The van der Waals surface area contributed by atoms with Gasteiger partial charge in [-0.1, -0.05) is 109 Å². The molecular formula is C50H31NOS2. The first-order valence-corrected chi connectivity index (χ1v) is 20.0. The quantitative estimate of drug-likeness (QED) is 0.180. The summed E-state index contributed by atoms with van der Waals surface area (Å²) in [6.45, 7) is 2.38. The molecule has 1 aliphatic rings. The molecule has 0 amide bonds. The van der Waals surface area contributed by atoms with Gasteiger partial charge in [0.2, 0.25) is 0 Å². The summed E-state index contributed by atoms with van der Waals surface area (Å²) in [7, 11) is 0.